The third-order valence-corrected chi connectivity index (χ3v) is 3.87. The molecule has 0 aliphatic carbocycles. The van der Waals surface area contributed by atoms with E-state index in [4.69, 9.17) is 0 Å². The van der Waals surface area contributed by atoms with Crippen LogP contribution in [0.5, 0.6) is 0 Å². The minimum Gasteiger partial charge on any atom is -0.0775 e. The summed E-state index contributed by atoms with van der Waals surface area (Å²) in [6, 6.07) is 21.0. The molecular formula is C15H14Br. The molecule has 0 spiro atoms. The topological polar surface area (TPSA) is 0 Å². The molecule has 2 aromatic rings. The van der Waals surface area contributed by atoms with Gasteiger partial charge in [-0.15, -0.1) is 0 Å². The fourth-order valence-corrected chi connectivity index (χ4v) is 2.26. The van der Waals surface area contributed by atoms with E-state index in [-0.39, 0.29) is 0 Å². The van der Waals surface area contributed by atoms with Crippen molar-refractivity contribution in [2.24, 2.45) is 0 Å². The quantitative estimate of drug-likeness (QED) is 0.756. The summed E-state index contributed by atoms with van der Waals surface area (Å²) in [6.07, 6.45) is 0. The lowest BCUT2D eigenvalue weighted by Gasteiger charge is -2.18. The Morgan fingerprint density at radius 3 is 1.94 bits per heavy atom. The molecule has 0 saturated heterocycles. The zero-order valence-corrected chi connectivity index (χ0v) is 10.8. The van der Waals surface area contributed by atoms with Crippen LogP contribution in [0.3, 0.4) is 0 Å². The average molecular weight is 274 g/mol. The molecule has 0 heterocycles. The number of hydrogen-bond acceptors (Lipinski definition) is 0. The van der Waals surface area contributed by atoms with Crippen LogP contribution in [0, 0.1) is 4.83 Å². The van der Waals surface area contributed by atoms with Crippen LogP contribution in [-0.4, -0.2) is 0 Å². The first-order valence-corrected chi connectivity index (χ1v) is 6.21. The second-order valence-corrected chi connectivity index (χ2v) is 4.70. The van der Waals surface area contributed by atoms with E-state index in [2.05, 4.69) is 71.4 Å². The van der Waals surface area contributed by atoms with Gasteiger partial charge in [0, 0.05) is 5.92 Å². The van der Waals surface area contributed by atoms with Crippen molar-refractivity contribution in [2.45, 2.75) is 12.8 Å². The van der Waals surface area contributed by atoms with Gasteiger partial charge in [0.1, 0.15) is 0 Å². The van der Waals surface area contributed by atoms with Gasteiger partial charge in [0.2, 0.25) is 0 Å². The van der Waals surface area contributed by atoms with Crippen LogP contribution in [0.25, 0.3) is 0 Å². The molecule has 16 heavy (non-hydrogen) atoms. The van der Waals surface area contributed by atoms with Crippen molar-refractivity contribution in [3.63, 3.8) is 0 Å². The summed E-state index contributed by atoms with van der Waals surface area (Å²) in [5.41, 5.74) is 2.58. The molecular weight excluding hydrogens is 260 g/mol. The maximum absolute atomic E-state index is 3.70. The van der Waals surface area contributed by atoms with Gasteiger partial charge in [0.15, 0.2) is 0 Å². The third-order valence-electron chi connectivity index (χ3n) is 2.73. The summed E-state index contributed by atoms with van der Waals surface area (Å²) in [7, 11) is 0. The third kappa shape index (κ3) is 2.53. The summed E-state index contributed by atoms with van der Waals surface area (Å²) in [5.74, 6) is 0.392. The van der Waals surface area contributed by atoms with E-state index in [0.717, 1.165) is 0 Å². The molecule has 0 aliphatic heterocycles. The summed E-state index contributed by atoms with van der Waals surface area (Å²) >= 11 is 3.70. The minimum atomic E-state index is 0.392. The van der Waals surface area contributed by atoms with Crippen molar-refractivity contribution < 1.29 is 0 Å². The van der Waals surface area contributed by atoms with Gasteiger partial charge in [-0.25, -0.2) is 0 Å². The van der Waals surface area contributed by atoms with Crippen LogP contribution >= 0.6 is 15.9 Å². The first kappa shape index (κ1) is 11.4. The second-order valence-electron chi connectivity index (χ2n) is 3.85. The van der Waals surface area contributed by atoms with Crippen LogP contribution in [0.2, 0.25) is 0 Å². The lowest BCUT2D eigenvalue weighted by molar-refractivity contribution is 0.886. The Kier molecular flexibility index (Phi) is 3.79. The van der Waals surface area contributed by atoms with Gasteiger partial charge in [-0.1, -0.05) is 83.5 Å². The lowest BCUT2D eigenvalue weighted by atomic mass is 9.94. The van der Waals surface area contributed by atoms with E-state index in [1.165, 1.54) is 16.0 Å². The number of rotatable bonds is 3. The van der Waals surface area contributed by atoms with Gasteiger partial charge in [0.05, 0.1) is 4.83 Å². The molecule has 0 amide bonds. The molecule has 0 bridgehead atoms. The highest BCUT2D eigenvalue weighted by atomic mass is 79.9. The van der Waals surface area contributed by atoms with Gasteiger partial charge >= 0.3 is 0 Å². The Bertz CT molecular complexity index is 378. The molecule has 1 unspecified atom stereocenters. The molecule has 2 rings (SSSR count). The van der Waals surface area contributed by atoms with Gasteiger partial charge in [-0.2, -0.15) is 0 Å². The SMILES string of the molecule is CC([C](Br)c1ccccc1)c1ccccc1. The fraction of sp³-hybridized carbons (Fsp3) is 0.133. The van der Waals surface area contributed by atoms with Crippen LogP contribution in [-0.2, 0) is 0 Å². The van der Waals surface area contributed by atoms with Crippen LogP contribution in [0.15, 0.2) is 60.7 Å². The molecule has 0 aliphatic rings. The van der Waals surface area contributed by atoms with Gasteiger partial charge < -0.3 is 0 Å². The summed E-state index contributed by atoms with van der Waals surface area (Å²) in [4.78, 5) is 1.24. The van der Waals surface area contributed by atoms with Crippen molar-refractivity contribution >= 4 is 15.9 Å². The van der Waals surface area contributed by atoms with E-state index in [0.29, 0.717) is 5.92 Å². The first-order chi connectivity index (χ1) is 7.79. The summed E-state index contributed by atoms with van der Waals surface area (Å²) in [6.45, 7) is 2.21. The average Bonchev–Trinajstić information content (AvgIpc) is 2.39. The summed E-state index contributed by atoms with van der Waals surface area (Å²) in [5, 5.41) is 0. The smallest absolute Gasteiger partial charge is 0.0771 e. The molecule has 81 valence electrons. The zero-order chi connectivity index (χ0) is 11.4. The number of hydrogen-bond donors (Lipinski definition) is 0. The Hall–Kier alpha value is -1.08. The van der Waals surface area contributed by atoms with Crippen molar-refractivity contribution in [1.82, 2.24) is 0 Å². The van der Waals surface area contributed by atoms with Crippen LogP contribution < -0.4 is 0 Å². The lowest BCUT2D eigenvalue weighted by Crippen LogP contribution is -2.02. The van der Waals surface area contributed by atoms with E-state index in [9.17, 15) is 0 Å². The Morgan fingerprint density at radius 1 is 0.875 bits per heavy atom. The Morgan fingerprint density at radius 2 is 1.38 bits per heavy atom. The van der Waals surface area contributed by atoms with Crippen molar-refractivity contribution in [2.75, 3.05) is 0 Å². The predicted octanol–water partition coefficient (Wildman–Crippen LogP) is 4.77. The minimum absolute atomic E-state index is 0.392. The summed E-state index contributed by atoms with van der Waals surface area (Å²) < 4.78 is 0. The molecule has 1 radical (unpaired) electrons. The normalized spacial score (nSPS) is 12.7. The van der Waals surface area contributed by atoms with E-state index in [1.54, 1.807) is 0 Å². The zero-order valence-electron chi connectivity index (χ0n) is 9.23. The standard InChI is InChI=1S/C15H14Br/c1-12(13-8-4-2-5-9-13)15(16)14-10-6-3-7-11-14/h2-12H,1H3. The van der Waals surface area contributed by atoms with E-state index >= 15 is 0 Å². The Labute approximate surface area is 105 Å². The van der Waals surface area contributed by atoms with Crippen LogP contribution in [0.4, 0.5) is 0 Å². The Balaban J connectivity index is 2.20. The number of halogens is 1. The largest absolute Gasteiger partial charge is 0.0775 e. The van der Waals surface area contributed by atoms with Gasteiger partial charge in [0.25, 0.3) is 0 Å². The second kappa shape index (κ2) is 5.31. The molecule has 0 nitrogen and oxygen atoms in total. The monoisotopic (exact) mass is 273 g/mol. The van der Waals surface area contributed by atoms with E-state index in [1.807, 2.05) is 12.1 Å². The fourth-order valence-electron chi connectivity index (χ4n) is 1.74. The molecule has 0 saturated carbocycles. The maximum Gasteiger partial charge on any atom is 0.0771 e. The maximum atomic E-state index is 3.70. The van der Waals surface area contributed by atoms with Crippen molar-refractivity contribution in [3.05, 3.63) is 76.6 Å². The highest BCUT2D eigenvalue weighted by Gasteiger charge is 2.18. The van der Waals surface area contributed by atoms with Gasteiger partial charge in [-0.05, 0) is 11.1 Å². The molecule has 2 aromatic carbocycles. The van der Waals surface area contributed by atoms with Gasteiger partial charge in [-0.3, -0.25) is 0 Å². The highest BCUT2D eigenvalue weighted by molar-refractivity contribution is 9.11. The number of benzene rings is 2. The molecule has 0 aromatic heterocycles. The van der Waals surface area contributed by atoms with Crippen LogP contribution in [0.1, 0.15) is 24.0 Å². The van der Waals surface area contributed by atoms with Crippen molar-refractivity contribution in [3.8, 4) is 0 Å². The molecule has 1 atom stereocenters. The predicted molar refractivity (Wildman–Crippen MR) is 72.6 cm³/mol. The van der Waals surface area contributed by atoms with E-state index < -0.39 is 0 Å². The molecule has 1 heteroatoms. The first-order valence-electron chi connectivity index (χ1n) is 5.42. The van der Waals surface area contributed by atoms with Crippen molar-refractivity contribution in [1.29, 1.82) is 0 Å². The molecule has 0 fully saturated rings. The highest BCUT2D eigenvalue weighted by Crippen LogP contribution is 2.36. The molecule has 0 N–H and O–H groups in total.